The van der Waals surface area contributed by atoms with Gasteiger partial charge < -0.3 is 14.2 Å². The second kappa shape index (κ2) is 17.2. The third kappa shape index (κ3) is 11.4. The molecule has 0 aliphatic heterocycles. The van der Waals surface area contributed by atoms with E-state index in [4.69, 9.17) is 14.2 Å². The van der Waals surface area contributed by atoms with E-state index in [1.807, 2.05) is 0 Å². The molecule has 0 bridgehead atoms. The fraction of sp³-hybridized carbons (Fsp3) is 0.903. The predicted octanol–water partition coefficient (Wildman–Crippen LogP) is 6.43. The zero-order chi connectivity index (χ0) is 28.0. The highest BCUT2D eigenvalue weighted by Gasteiger charge is 2.38. The third-order valence-corrected chi connectivity index (χ3v) is 8.77. The molecule has 3 saturated carbocycles. The summed E-state index contributed by atoms with van der Waals surface area (Å²) < 4.78 is 17.4. The van der Waals surface area contributed by atoms with Gasteiger partial charge in [0, 0.05) is 26.1 Å². The molecule has 3 unspecified atom stereocenters. The Hall–Kier alpha value is -1.67. The summed E-state index contributed by atoms with van der Waals surface area (Å²) in [6.45, 7) is 7.12. The monoisotopic (exact) mass is 548 g/mol. The summed E-state index contributed by atoms with van der Waals surface area (Å²) in [7, 11) is 0. The van der Waals surface area contributed by atoms with Gasteiger partial charge in [0.05, 0.1) is 36.8 Å². The molecule has 0 spiro atoms. The SMILES string of the molecule is CCOC(=O)C1CC(OCCCCCCOC2CCC(N=NC3CCC(C)CC3)CC2)CC(C(=O)C(C)=O)C1. The van der Waals surface area contributed by atoms with Crippen molar-refractivity contribution in [2.24, 2.45) is 28.0 Å². The number of Topliss-reactive ketones (excluding diaryl/α,β-unsaturated/α-hetero) is 2. The van der Waals surface area contributed by atoms with Gasteiger partial charge in [-0.05, 0) is 96.3 Å². The molecule has 0 aromatic heterocycles. The van der Waals surface area contributed by atoms with Crippen molar-refractivity contribution in [1.82, 2.24) is 0 Å². The molecular formula is C31H52N2O6. The first kappa shape index (κ1) is 31.9. The Morgan fingerprint density at radius 1 is 0.692 bits per heavy atom. The second-order valence-electron chi connectivity index (χ2n) is 12.1. The van der Waals surface area contributed by atoms with Crippen LogP contribution in [0.15, 0.2) is 10.2 Å². The van der Waals surface area contributed by atoms with Crippen LogP contribution < -0.4 is 0 Å². The summed E-state index contributed by atoms with van der Waals surface area (Å²) in [5.74, 6) is -1.12. The molecule has 3 atom stereocenters. The average molecular weight is 549 g/mol. The minimum absolute atomic E-state index is 0.189. The van der Waals surface area contributed by atoms with E-state index in [0.717, 1.165) is 63.9 Å². The van der Waals surface area contributed by atoms with Crippen molar-refractivity contribution in [3.05, 3.63) is 0 Å². The lowest BCUT2D eigenvalue weighted by molar-refractivity contribution is -0.154. The van der Waals surface area contributed by atoms with E-state index < -0.39 is 17.5 Å². The van der Waals surface area contributed by atoms with Crippen LogP contribution in [0.2, 0.25) is 0 Å². The number of esters is 1. The summed E-state index contributed by atoms with van der Waals surface area (Å²) in [5, 5.41) is 9.35. The molecule has 0 heterocycles. The van der Waals surface area contributed by atoms with Gasteiger partial charge in [-0.15, -0.1) is 0 Å². The molecule has 3 rings (SSSR count). The van der Waals surface area contributed by atoms with Crippen molar-refractivity contribution in [3.8, 4) is 0 Å². The van der Waals surface area contributed by atoms with Crippen molar-refractivity contribution in [1.29, 1.82) is 0 Å². The maximum Gasteiger partial charge on any atom is 0.309 e. The summed E-state index contributed by atoms with van der Waals surface area (Å²) in [5.41, 5.74) is 0. The van der Waals surface area contributed by atoms with E-state index in [1.54, 1.807) is 6.92 Å². The number of carbonyl (C=O) groups is 3. The normalized spacial score (nSPS) is 31.7. The lowest BCUT2D eigenvalue weighted by atomic mass is 9.77. The number of nitrogens with zero attached hydrogens (tertiary/aromatic N) is 2. The van der Waals surface area contributed by atoms with Crippen LogP contribution >= 0.6 is 0 Å². The van der Waals surface area contributed by atoms with Crippen LogP contribution in [0.5, 0.6) is 0 Å². The van der Waals surface area contributed by atoms with Crippen LogP contribution in [0.4, 0.5) is 0 Å². The van der Waals surface area contributed by atoms with Crippen molar-refractivity contribution in [2.45, 2.75) is 141 Å². The van der Waals surface area contributed by atoms with E-state index in [0.29, 0.717) is 50.7 Å². The minimum atomic E-state index is -0.452. The van der Waals surface area contributed by atoms with E-state index in [2.05, 4.69) is 17.2 Å². The van der Waals surface area contributed by atoms with E-state index in [1.165, 1.54) is 32.6 Å². The van der Waals surface area contributed by atoms with Gasteiger partial charge in [-0.3, -0.25) is 14.4 Å². The third-order valence-electron chi connectivity index (χ3n) is 8.77. The molecule has 0 saturated heterocycles. The topological polar surface area (TPSA) is 104 Å². The Bertz CT molecular complexity index is 786. The molecule has 8 nitrogen and oxygen atoms in total. The van der Waals surface area contributed by atoms with Crippen molar-refractivity contribution >= 4 is 17.5 Å². The molecule has 0 N–H and O–H groups in total. The fourth-order valence-electron chi connectivity index (χ4n) is 6.29. The van der Waals surface area contributed by atoms with Crippen LogP contribution in [0.25, 0.3) is 0 Å². The molecule has 0 aromatic carbocycles. The van der Waals surface area contributed by atoms with Crippen molar-refractivity contribution in [2.75, 3.05) is 19.8 Å². The molecular weight excluding hydrogens is 496 g/mol. The number of ether oxygens (including phenoxy) is 3. The highest BCUT2D eigenvalue weighted by molar-refractivity contribution is 6.37. The average Bonchev–Trinajstić information content (AvgIpc) is 2.94. The smallest absolute Gasteiger partial charge is 0.309 e. The predicted molar refractivity (Wildman–Crippen MR) is 150 cm³/mol. The van der Waals surface area contributed by atoms with E-state index in [9.17, 15) is 14.4 Å². The van der Waals surface area contributed by atoms with Crippen molar-refractivity contribution < 1.29 is 28.6 Å². The number of unbranched alkanes of at least 4 members (excludes halogenated alkanes) is 3. The number of hydrogen-bond donors (Lipinski definition) is 0. The first-order chi connectivity index (χ1) is 18.9. The van der Waals surface area contributed by atoms with Gasteiger partial charge in [-0.2, -0.15) is 10.2 Å². The Balaban J connectivity index is 1.22. The molecule has 39 heavy (non-hydrogen) atoms. The summed E-state index contributed by atoms with van der Waals surface area (Å²) in [6.07, 6.45) is 15.1. The van der Waals surface area contributed by atoms with Gasteiger partial charge in [0.15, 0.2) is 5.78 Å². The van der Waals surface area contributed by atoms with E-state index >= 15 is 0 Å². The highest BCUT2D eigenvalue weighted by atomic mass is 16.5. The summed E-state index contributed by atoms with van der Waals surface area (Å²) >= 11 is 0. The van der Waals surface area contributed by atoms with Gasteiger partial charge in [0.25, 0.3) is 0 Å². The number of azo groups is 1. The van der Waals surface area contributed by atoms with Gasteiger partial charge >= 0.3 is 5.97 Å². The molecule has 0 aromatic rings. The first-order valence-electron chi connectivity index (χ1n) is 15.7. The lowest BCUT2D eigenvalue weighted by Gasteiger charge is -2.32. The molecule has 0 amide bonds. The highest BCUT2D eigenvalue weighted by Crippen LogP contribution is 2.33. The van der Waals surface area contributed by atoms with Crippen LogP contribution in [0.3, 0.4) is 0 Å². The molecule has 8 heteroatoms. The summed E-state index contributed by atoms with van der Waals surface area (Å²) in [6, 6.07) is 0.842. The van der Waals surface area contributed by atoms with Gasteiger partial charge in [0.1, 0.15) is 0 Å². The molecule has 3 fully saturated rings. The zero-order valence-corrected chi connectivity index (χ0v) is 24.6. The Morgan fingerprint density at radius 3 is 1.79 bits per heavy atom. The largest absolute Gasteiger partial charge is 0.466 e. The molecule has 3 aliphatic rings. The lowest BCUT2D eigenvalue weighted by Crippen LogP contribution is -2.38. The zero-order valence-electron chi connectivity index (χ0n) is 24.6. The fourth-order valence-corrected chi connectivity index (χ4v) is 6.29. The van der Waals surface area contributed by atoms with Crippen LogP contribution in [0.1, 0.15) is 117 Å². The Morgan fingerprint density at radius 2 is 1.23 bits per heavy atom. The number of carbonyl (C=O) groups excluding carboxylic acids is 3. The summed E-state index contributed by atoms with van der Waals surface area (Å²) in [4.78, 5) is 36.2. The standard InChI is InChI=1S/C31H52N2O6/c1-4-37-31(36)25-19-24(30(35)23(3)34)20-29(21-25)39-18-8-6-5-7-17-38-28-15-13-27(14-16-28)33-32-26-11-9-22(2)10-12-26/h22,24-29H,4-21H2,1-3H3. The van der Waals surface area contributed by atoms with Crippen molar-refractivity contribution in [3.63, 3.8) is 0 Å². The second-order valence-corrected chi connectivity index (χ2v) is 12.1. The van der Waals surface area contributed by atoms with Crippen LogP contribution in [-0.4, -0.2) is 61.6 Å². The van der Waals surface area contributed by atoms with Gasteiger partial charge in [0.2, 0.25) is 5.78 Å². The molecule has 0 radical (unpaired) electrons. The van der Waals surface area contributed by atoms with Crippen LogP contribution in [-0.2, 0) is 28.6 Å². The van der Waals surface area contributed by atoms with Crippen LogP contribution in [0, 0.1) is 17.8 Å². The first-order valence-corrected chi connectivity index (χ1v) is 15.7. The minimum Gasteiger partial charge on any atom is -0.466 e. The maximum absolute atomic E-state index is 12.3. The van der Waals surface area contributed by atoms with Gasteiger partial charge in [-0.25, -0.2) is 0 Å². The number of ketones is 2. The quantitative estimate of drug-likeness (QED) is 0.101. The van der Waals surface area contributed by atoms with Gasteiger partial charge in [-0.1, -0.05) is 19.8 Å². The molecule has 222 valence electrons. The maximum atomic E-state index is 12.3. The van der Waals surface area contributed by atoms with E-state index in [-0.39, 0.29) is 18.0 Å². The Kier molecular flexibility index (Phi) is 14.1. The Labute approximate surface area is 235 Å². The number of rotatable bonds is 15. The molecule has 3 aliphatic carbocycles. The number of hydrogen-bond acceptors (Lipinski definition) is 8.